The van der Waals surface area contributed by atoms with E-state index in [0.717, 1.165) is 18.6 Å². The van der Waals surface area contributed by atoms with E-state index in [0.29, 0.717) is 17.7 Å². The summed E-state index contributed by atoms with van der Waals surface area (Å²) < 4.78 is 12.1. The molecule has 2 N–H and O–H groups in total. The molecule has 2 rings (SSSR count). The van der Waals surface area contributed by atoms with E-state index in [9.17, 15) is 9.59 Å². The van der Waals surface area contributed by atoms with Crippen LogP contribution in [0.2, 0.25) is 0 Å². The van der Waals surface area contributed by atoms with Gasteiger partial charge in [0.15, 0.2) is 0 Å². The molecule has 2 aromatic rings. The molecular weight excluding hydrogens is 574 g/mol. The third-order valence-corrected chi connectivity index (χ3v) is 5.46. The first-order chi connectivity index (χ1) is 12.8. The van der Waals surface area contributed by atoms with Crippen LogP contribution in [0.5, 0.6) is 11.5 Å². The topological polar surface area (TPSA) is 76.7 Å². The Hall–Kier alpha value is -1.56. The maximum Gasteiger partial charge on any atom is 0.251 e. The van der Waals surface area contributed by atoms with Crippen LogP contribution in [0.25, 0.3) is 0 Å². The van der Waals surface area contributed by atoms with Gasteiger partial charge in [-0.25, -0.2) is 0 Å². The highest BCUT2D eigenvalue weighted by Crippen LogP contribution is 2.22. The zero-order chi connectivity index (χ0) is 20.0. The quantitative estimate of drug-likeness (QED) is 0.482. The van der Waals surface area contributed by atoms with Crippen molar-refractivity contribution < 1.29 is 19.1 Å². The first kappa shape index (κ1) is 21.7. The van der Waals surface area contributed by atoms with Crippen molar-refractivity contribution in [3.8, 4) is 11.5 Å². The summed E-state index contributed by atoms with van der Waals surface area (Å²) in [7, 11) is 3.18. The van der Waals surface area contributed by atoms with Crippen molar-refractivity contribution in [1.29, 1.82) is 0 Å². The van der Waals surface area contributed by atoms with Crippen molar-refractivity contribution in [2.45, 2.75) is 13.0 Å². The molecule has 0 heterocycles. The standard InChI is InChI=1S/C19H20I2N2O4/c1-11(23-19(25)13-5-7-17(27-3)15(21)9-13)10-22-18(24)12-4-6-16(26-2)14(20)8-12/h4-9,11H,10H2,1-3H3,(H,22,24)(H,23,25)/t11-/m1/s1. The molecule has 0 radical (unpaired) electrons. The van der Waals surface area contributed by atoms with Crippen molar-refractivity contribution in [2.75, 3.05) is 20.8 Å². The van der Waals surface area contributed by atoms with Crippen molar-refractivity contribution >= 4 is 57.0 Å². The molecule has 0 aliphatic heterocycles. The Morgan fingerprint density at radius 3 is 1.85 bits per heavy atom. The van der Waals surface area contributed by atoms with E-state index in [2.05, 4.69) is 55.8 Å². The largest absolute Gasteiger partial charge is 0.496 e. The lowest BCUT2D eigenvalue weighted by Gasteiger charge is -2.15. The molecule has 0 aliphatic carbocycles. The van der Waals surface area contributed by atoms with Gasteiger partial charge < -0.3 is 20.1 Å². The average molecular weight is 594 g/mol. The number of ether oxygens (including phenoxy) is 2. The Morgan fingerprint density at radius 2 is 1.41 bits per heavy atom. The van der Waals surface area contributed by atoms with Gasteiger partial charge in [-0.15, -0.1) is 0 Å². The van der Waals surface area contributed by atoms with Crippen LogP contribution in [-0.2, 0) is 0 Å². The molecule has 2 amide bonds. The predicted molar refractivity (Wildman–Crippen MR) is 121 cm³/mol. The lowest BCUT2D eigenvalue weighted by atomic mass is 10.2. The molecule has 2 aromatic carbocycles. The zero-order valence-electron chi connectivity index (χ0n) is 15.1. The van der Waals surface area contributed by atoms with Crippen molar-refractivity contribution in [3.05, 3.63) is 54.7 Å². The highest BCUT2D eigenvalue weighted by atomic mass is 127. The minimum Gasteiger partial charge on any atom is -0.496 e. The fourth-order valence-corrected chi connectivity index (χ4v) is 3.79. The molecule has 0 fully saturated rings. The lowest BCUT2D eigenvalue weighted by molar-refractivity contribution is 0.0912. The lowest BCUT2D eigenvalue weighted by Crippen LogP contribution is -2.41. The second-order valence-corrected chi connectivity index (χ2v) is 8.11. The first-order valence-electron chi connectivity index (χ1n) is 8.11. The van der Waals surface area contributed by atoms with E-state index >= 15 is 0 Å². The molecule has 27 heavy (non-hydrogen) atoms. The summed E-state index contributed by atoms with van der Waals surface area (Å²) in [4.78, 5) is 24.6. The third kappa shape index (κ3) is 5.96. The van der Waals surface area contributed by atoms with Crippen molar-refractivity contribution in [2.24, 2.45) is 0 Å². The Labute approximate surface area is 185 Å². The van der Waals surface area contributed by atoms with Gasteiger partial charge in [-0.1, -0.05) is 0 Å². The van der Waals surface area contributed by atoms with Crippen LogP contribution in [-0.4, -0.2) is 38.6 Å². The Morgan fingerprint density at radius 1 is 0.926 bits per heavy atom. The van der Waals surface area contributed by atoms with E-state index in [-0.39, 0.29) is 17.9 Å². The van der Waals surface area contributed by atoms with Gasteiger partial charge >= 0.3 is 0 Å². The number of amides is 2. The summed E-state index contributed by atoms with van der Waals surface area (Å²) in [5.74, 6) is 1.05. The van der Waals surface area contributed by atoms with E-state index in [1.54, 1.807) is 50.6 Å². The van der Waals surface area contributed by atoms with Crippen molar-refractivity contribution in [1.82, 2.24) is 10.6 Å². The van der Waals surface area contributed by atoms with Crippen LogP contribution in [0.3, 0.4) is 0 Å². The zero-order valence-corrected chi connectivity index (χ0v) is 19.5. The molecule has 0 bridgehead atoms. The van der Waals surface area contributed by atoms with Crippen LogP contribution >= 0.6 is 45.2 Å². The molecule has 0 saturated heterocycles. The normalized spacial score (nSPS) is 11.4. The summed E-state index contributed by atoms with van der Waals surface area (Å²) in [5, 5.41) is 5.71. The maximum absolute atomic E-state index is 12.4. The van der Waals surface area contributed by atoms with Gasteiger partial charge in [-0.2, -0.15) is 0 Å². The fraction of sp³-hybridized carbons (Fsp3) is 0.263. The van der Waals surface area contributed by atoms with Crippen LogP contribution in [0.1, 0.15) is 27.6 Å². The Kier molecular flexibility index (Phi) is 8.14. The van der Waals surface area contributed by atoms with E-state index in [1.807, 2.05) is 6.92 Å². The molecule has 6 nitrogen and oxygen atoms in total. The molecule has 1 atom stereocenters. The van der Waals surface area contributed by atoms with Gasteiger partial charge in [-0.05, 0) is 88.5 Å². The summed E-state index contributed by atoms with van der Waals surface area (Å²) >= 11 is 4.24. The Balaban J connectivity index is 1.90. The van der Waals surface area contributed by atoms with Gasteiger partial charge in [0.25, 0.3) is 11.8 Å². The average Bonchev–Trinajstić information content (AvgIpc) is 2.65. The molecule has 0 saturated carbocycles. The second-order valence-electron chi connectivity index (χ2n) is 5.78. The number of carbonyl (C=O) groups is 2. The van der Waals surface area contributed by atoms with E-state index < -0.39 is 0 Å². The number of methoxy groups -OCH3 is 2. The highest BCUT2D eigenvalue weighted by Gasteiger charge is 2.14. The smallest absolute Gasteiger partial charge is 0.251 e. The molecule has 0 aromatic heterocycles. The number of carbonyl (C=O) groups excluding carboxylic acids is 2. The third-order valence-electron chi connectivity index (χ3n) is 3.77. The molecule has 0 spiro atoms. The molecule has 0 unspecified atom stereocenters. The molecule has 0 aliphatic rings. The van der Waals surface area contributed by atoms with Crippen LogP contribution < -0.4 is 20.1 Å². The van der Waals surface area contributed by atoms with Gasteiger partial charge in [-0.3, -0.25) is 9.59 Å². The summed E-state index contributed by atoms with van der Waals surface area (Å²) in [6, 6.07) is 10.2. The summed E-state index contributed by atoms with van der Waals surface area (Å²) in [6.45, 7) is 2.16. The minimum absolute atomic E-state index is 0.198. The molecular formula is C19H20I2N2O4. The summed E-state index contributed by atoms with van der Waals surface area (Å²) in [5.41, 5.74) is 1.09. The van der Waals surface area contributed by atoms with Gasteiger partial charge in [0, 0.05) is 23.7 Å². The first-order valence-corrected chi connectivity index (χ1v) is 10.3. The molecule has 8 heteroatoms. The van der Waals surface area contributed by atoms with Gasteiger partial charge in [0.2, 0.25) is 0 Å². The summed E-state index contributed by atoms with van der Waals surface area (Å²) in [6.07, 6.45) is 0. The van der Waals surface area contributed by atoms with Gasteiger partial charge in [0.05, 0.1) is 21.4 Å². The van der Waals surface area contributed by atoms with Crippen molar-refractivity contribution in [3.63, 3.8) is 0 Å². The second kappa shape index (κ2) is 10.1. The number of benzene rings is 2. The monoisotopic (exact) mass is 594 g/mol. The van der Waals surface area contributed by atoms with E-state index in [1.165, 1.54) is 0 Å². The number of halogens is 2. The minimum atomic E-state index is -0.224. The van der Waals surface area contributed by atoms with E-state index in [4.69, 9.17) is 9.47 Å². The number of hydrogen-bond acceptors (Lipinski definition) is 4. The number of nitrogens with one attached hydrogen (secondary N) is 2. The number of rotatable bonds is 7. The number of hydrogen-bond donors (Lipinski definition) is 2. The highest BCUT2D eigenvalue weighted by molar-refractivity contribution is 14.1. The Bertz CT molecular complexity index is 842. The fourth-order valence-electron chi connectivity index (χ4n) is 2.32. The van der Waals surface area contributed by atoms with Gasteiger partial charge in [0.1, 0.15) is 11.5 Å². The predicted octanol–water partition coefficient (Wildman–Crippen LogP) is 3.46. The van der Waals surface area contributed by atoms with Crippen LogP contribution in [0, 0.1) is 7.14 Å². The maximum atomic E-state index is 12.4. The SMILES string of the molecule is COc1ccc(C(=O)NC[C@@H](C)NC(=O)c2ccc(OC)c(I)c2)cc1I. The van der Waals surface area contributed by atoms with Crippen LogP contribution in [0.4, 0.5) is 0 Å². The molecule has 144 valence electrons. The van der Waals surface area contributed by atoms with Crippen LogP contribution in [0.15, 0.2) is 36.4 Å².